The zero-order chi connectivity index (χ0) is 24.6. The van der Waals surface area contributed by atoms with Crippen LogP contribution >= 0.6 is 0 Å². The number of carboxylic acid groups (broad SMARTS) is 2. The summed E-state index contributed by atoms with van der Waals surface area (Å²) in [6.45, 7) is 7.37. The Balaban J connectivity index is 5.52. The highest BCUT2D eigenvalue weighted by atomic mass is 16.5. The summed E-state index contributed by atoms with van der Waals surface area (Å²) >= 11 is 0. The van der Waals surface area contributed by atoms with Crippen LogP contribution in [0.15, 0.2) is 0 Å². The van der Waals surface area contributed by atoms with Gasteiger partial charge in [0, 0.05) is 0 Å². The number of rotatable bonds is 20. The molecule has 0 bridgehead atoms. The molecule has 0 aromatic rings. The molecule has 0 radical (unpaired) electrons. The molecule has 0 aliphatic heterocycles. The lowest BCUT2D eigenvalue weighted by Crippen LogP contribution is -2.43. The first kappa shape index (κ1) is 30.1. The van der Waals surface area contributed by atoms with Gasteiger partial charge in [0.1, 0.15) is 17.3 Å². The van der Waals surface area contributed by atoms with E-state index in [1.54, 1.807) is 0 Å². The second kappa shape index (κ2) is 16.7. The van der Waals surface area contributed by atoms with Crippen molar-refractivity contribution in [2.75, 3.05) is 0 Å². The number of ketones is 1. The molecule has 0 saturated heterocycles. The highest BCUT2D eigenvalue weighted by molar-refractivity contribution is 6.06. The molecule has 0 amide bonds. The number of hydrogen-bond donors (Lipinski definition) is 2. The third kappa shape index (κ3) is 11.1. The van der Waals surface area contributed by atoms with Crippen molar-refractivity contribution in [2.45, 2.75) is 124 Å². The van der Waals surface area contributed by atoms with Gasteiger partial charge in [-0.05, 0) is 32.1 Å². The Labute approximate surface area is 193 Å². The fourth-order valence-electron chi connectivity index (χ4n) is 4.13. The Hall–Kier alpha value is -1.92. The number of aliphatic carboxylic acids is 2. The first-order valence-corrected chi connectivity index (χ1v) is 12.3. The fraction of sp³-hybridized carbons (Fsp3) is 0.840. The highest BCUT2D eigenvalue weighted by Gasteiger charge is 2.48. The first-order chi connectivity index (χ1) is 15.1. The van der Waals surface area contributed by atoms with Crippen LogP contribution in [0.1, 0.15) is 118 Å². The van der Waals surface area contributed by atoms with Crippen molar-refractivity contribution in [1.29, 1.82) is 0 Å². The number of ether oxygens (including phenoxy) is 1. The van der Waals surface area contributed by atoms with Crippen LogP contribution in [0, 0.1) is 11.3 Å². The van der Waals surface area contributed by atoms with E-state index in [0.717, 1.165) is 77.6 Å². The van der Waals surface area contributed by atoms with E-state index in [2.05, 4.69) is 20.8 Å². The van der Waals surface area contributed by atoms with Crippen LogP contribution in [0.3, 0.4) is 0 Å². The van der Waals surface area contributed by atoms with Gasteiger partial charge in [-0.15, -0.1) is 0 Å². The number of esters is 1. The summed E-state index contributed by atoms with van der Waals surface area (Å²) in [5.74, 6) is -4.52. The predicted molar refractivity (Wildman–Crippen MR) is 123 cm³/mol. The van der Waals surface area contributed by atoms with Crippen molar-refractivity contribution in [2.24, 2.45) is 11.3 Å². The molecule has 7 heteroatoms. The normalized spacial score (nSPS) is 14.9. The zero-order valence-corrected chi connectivity index (χ0v) is 20.5. The predicted octanol–water partition coefficient (Wildman–Crippen LogP) is 5.78. The average molecular weight is 457 g/mol. The van der Waals surface area contributed by atoms with E-state index < -0.39 is 41.9 Å². The molecule has 2 N–H and O–H groups in total. The van der Waals surface area contributed by atoms with Gasteiger partial charge in [0.05, 0.1) is 12.8 Å². The van der Waals surface area contributed by atoms with E-state index in [0.29, 0.717) is 6.42 Å². The van der Waals surface area contributed by atoms with Crippen LogP contribution in [0.4, 0.5) is 0 Å². The number of Topliss-reactive ketones (excluding diaryl/α,β-unsaturated/α-hetero) is 1. The van der Waals surface area contributed by atoms with Gasteiger partial charge in [0.25, 0.3) is 0 Å². The lowest BCUT2D eigenvalue weighted by Gasteiger charge is -2.30. The molecule has 0 fully saturated rings. The molecule has 0 rings (SSSR count). The number of carbonyl (C=O) groups excluding carboxylic acids is 2. The first-order valence-electron chi connectivity index (χ1n) is 12.3. The molecule has 0 heterocycles. The summed E-state index contributed by atoms with van der Waals surface area (Å²) in [6.07, 6.45) is 10.1. The quantitative estimate of drug-likeness (QED) is 0.135. The number of carbonyl (C=O) groups is 4. The molecule has 0 aliphatic rings. The number of carboxylic acids is 2. The second-order valence-corrected chi connectivity index (χ2v) is 8.97. The van der Waals surface area contributed by atoms with Crippen molar-refractivity contribution in [3.8, 4) is 0 Å². The van der Waals surface area contributed by atoms with Crippen LogP contribution in [0.5, 0.6) is 0 Å². The lowest BCUT2D eigenvalue weighted by molar-refractivity contribution is -0.169. The van der Waals surface area contributed by atoms with Gasteiger partial charge in [0.15, 0.2) is 0 Å². The number of hydrogen-bond acceptors (Lipinski definition) is 5. The van der Waals surface area contributed by atoms with Gasteiger partial charge in [0.2, 0.25) is 0 Å². The summed E-state index contributed by atoms with van der Waals surface area (Å²) in [4.78, 5) is 47.9. The van der Waals surface area contributed by atoms with Gasteiger partial charge in [-0.3, -0.25) is 19.2 Å². The number of unbranched alkanes of at least 4 members (excludes halogenated alkanes) is 6. The summed E-state index contributed by atoms with van der Waals surface area (Å²) < 4.78 is 5.79. The molecule has 7 nitrogen and oxygen atoms in total. The zero-order valence-electron chi connectivity index (χ0n) is 20.5. The maximum absolute atomic E-state index is 12.8. The molecule has 0 aliphatic carbocycles. The van der Waals surface area contributed by atoms with Gasteiger partial charge in [-0.25, -0.2) is 0 Å². The molecule has 0 aromatic carbocycles. The monoisotopic (exact) mass is 456 g/mol. The van der Waals surface area contributed by atoms with Gasteiger partial charge in [-0.2, -0.15) is 0 Å². The summed E-state index contributed by atoms with van der Waals surface area (Å²) in [6, 6.07) is 0. The van der Waals surface area contributed by atoms with Crippen LogP contribution < -0.4 is 0 Å². The van der Waals surface area contributed by atoms with Crippen LogP contribution in [0.25, 0.3) is 0 Å². The van der Waals surface area contributed by atoms with Crippen molar-refractivity contribution >= 4 is 23.7 Å². The Bertz CT molecular complexity index is 571. The Morgan fingerprint density at radius 2 is 1.28 bits per heavy atom. The third-order valence-electron chi connectivity index (χ3n) is 6.24. The topological polar surface area (TPSA) is 118 Å². The van der Waals surface area contributed by atoms with E-state index in [-0.39, 0.29) is 12.0 Å². The van der Waals surface area contributed by atoms with Crippen molar-refractivity contribution < 1.29 is 34.1 Å². The summed E-state index contributed by atoms with van der Waals surface area (Å²) in [5, 5.41) is 18.7. The molecular weight excluding hydrogens is 412 g/mol. The summed E-state index contributed by atoms with van der Waals surface area (Å²) in [7, 11) is 0. The minimum atomic E-state index is -2.29. The average Bonchev–Trinajstić information content (AvgIpc) is 2.71. The molecule has 0 spiro atoms. The van der Waals surface area contributed by atoms with Crippen LogP contribution in [-0.4, -0.2) is 40.0 Å². The SMILES string of the molecule is CCCCCCC(CCCCC)C(CCCC)OC(=O)CC(CC(=O)O)(C(C)=O)C(=O)O. The van der Waals surface area contributed by atoms with Crippen LogP contribution in [0.2, 0.25) is 0 Å². The maximum atomic E-state index is 12.8. The Morgan fingerprint density at radius 3 is 1.75 bits per heavy atom. The molecular formula is C25H44O7. The van der Waals surface area contributed by atoms with E-state index in [1.165, 1.54) is 0 Å². The smallest absolute Gasteiger partial charge is 0.318 e. The minimum absolute atomic E-state index is 0.185. The molecule has 0 aromatic heterocycles. The maximum Gasteiger partial charge on any atom is 0.318 e. The Kier molecular flexibility index (Phi) is 15.7. The van der Waals surface area contributed by atoms with Crippen LogP contribution in [-0.2, 0) is 23.9 Å². The minimum Gasteiger partial charge on any atom is -0.481 e. The fourth-order valence-corrected chi connectivity index (χ4v) is 4.13. The van der Waals surface area contributed by atoms with E-state index in [9.17, 15) is 24.3 Å². The Morgan fingerprint density at radius 1 is 0.750 bits per heavy atom. The summed E-state index contributed by atoms with van der Waals surface area (Å²) in [5.41, 5.74) is -2.29. The molecule has 0 saturated carbocycles. The van der Waals surface area contributed by atoms with E-state index >= 15 is 0 Å². The van der Waals surface area contributed by atoms with Crippen molar-refractivity contribution in [3.05, 3.63) is 0 Å². The van der Waals surface area contributed by atoms with Crippen molar-refractivity contribution in [1.82, 2.24) is 0 Å². The molecule has 32 heavy (non-hydrogen) atoms. The molecule has 3 atom stereocenters. The standard InChI is InChI=1S/C25H44O7/c1-5-8-11-13-15-20(14-12-9-6-2)21(16-10-7-3)32-23(29)18-25(19(4)26,24(30)31)17-22(27)28/h20-21H,5-18H2,1-4H3,(H,27,28)(H,30,31). The van der Waals surface area contributed by atoms with Gasteiger partial charge in [-0.1, -0.05) is 78.6 Å². The van der Waals surface area contributed by atoms with E-state index in [1.807, 2.05) is 0 Å². The van der Waals surface area contributed by atoms with Gasteiger partial charge >= 0.3 is 17.9 Å². The third-order valence-corrected chi connectivity index (χ3v) is 6.24. The van der Waals surface area contributed by atoms with Gasteiger partial charge < -0.3 is 14.9 Å². The van der Waals surface area contributed by atoms with Crippen molar-refractivity contribution in [3.63, 3.8) is 0 Å². The van der Waals surface area contributed by atoms with E-state index in [4.69, 9.17) is 9.84 Å². The lowest BCUT2D eigenvalue weighted by atomic mass is 9.77. The highest BCUT2D eigenvalue weighted by Crippen LogP contribution is 2.32. The largest absolute Gasteiger partial charge is 0.481 e. The molecule has 186 valence electrons. The molecule has 3 unspecified atom stereocenters. The second-order valence-electron chi connectivity index (χ2n) is 8.97.